The van der Waals surface area contributed by atoms with Crippen molar-refractivity contribution in [3.8, 4) is 0 Å². The van der Waals surface area contributed by atoms with Gasteiger partial charge in [-0.1, -0.05) is 74.5 Å². The van der Waals surface area contributed by atoms with Crippen molar-refractivity contribution in [2.45, 2.75) is 59.5 Å². The highest BCUT2D eigenvalue weighted by molar-refractivity contribution is 5.56. The number of anilines is 1. The SMILES string of the molecule is CC[C@@H](N)c1ccccc1.CC[C@@H](Nc1c(C)c(=O)c1=O)c1ccccc1.Cc1c(C)c(=O)c1=O. The fourth-order valence-electron chi connectivity index (χ4n) is 3.51. The highest BCUT2D eigenvalue weighted by Crippen LogP contribution is 2.21. The van der Waals surface area contributed by atoms with Crippen LogP contribution in [0.25, 0.3) is 0 Å². The maximum Gasteiger partial charge on any atom is 0.249 e. The zero-order valence-corrected chi connectivity index (χ0v) is 21.1. The first-order chi connectivity index (χ1) is 16.6. The van der Waals surface area contributed by atoms with E-state index in [0.29, 0.717) is 22.4 Å². The molecule has 0 saturated carbocycles. The fraction of sp³-hybridized carbons (Fsp3) is 0.310. The van der Waals surface area contributed by atoms with Gasteiger partial charge in [0.05, 0.1) is 11.7 Å². The van der Waals surface area contributed by atoms with Crippen LogP contribution in [-0.2, 0) is 0 Å². The summed E-state index contributed by atoms with van der Waals surface area (Å²) in [6, 6.07) is 20.4. The molecule has 0 aliphatic carbocycles. The molecule has 0 heterocycles. The van der Waals surface area contributed by atoms with Crippen molar-refractivity contribution in [1.82, 2.24) is 0 Å². The summed E-state index contributed by atoms with van der Waals surface area (Å²) in [6.45, 7) is 9.16. The predicted molar refractivity (Wildman–Crippen MR) is 144 cm³/mol. The monoisotopic (exact) mass is 474 g/mol. The molecule has 0 spiro atoms. The van der Waals surface area contributed by atoms with E-state index in [9.17, 15) is 19.2 Å². The molecule has 3 N–H and O–H groups in total. The third kappa shape index (κ3) is 6.70. The van der Waals surface area contributed by atoms with Gasteiger partial charge in [0.2, 0.25) is 21.7 Å². The molecule has 0 amide bonds. The number of nitrogens with two attached hydrogens (primary N) is 1. The molecule has 0 fully saturated rings. The van der Waals surface area contributed by atoms with Crippen LogP contribution in [0.1, 0.15) is 66.6 Å². The second kappa shape index (κ2) is 12.7. The van der Waals surface area contributed by atoms with E-state index in [1.807, 2.05) is 55.5 Å². The topological polar surface area (TPSA) is 106 Å². The van der Waals surface area contributed by atoms with Gasteiger partial charge in [-0.3, -0.25) is 19.2 Å². The second-order valence-electron chi connectivity index (χ2n) is 8.51. The molecule has 6 nitrogen and oxygen atoms in total. The first kappa shape index (κ1) is 27.6. The summed E-state index contributed by atoms with van der Waals surface area (Å²) in [5.41, 5.74) is 9.02. The smallest absolute Gasteiger partial charge is 0.249 e. The first-order valence-corrected chi connectivity index (χ1v) is 11.8. The molecule has 184 valence electrons. The second-order valence-corrected chi connectivity index (χ2v) is 8.51. The van der Waals surface area contributed by atoms with Gasteiger partial charge in [-0.2, -0.15) is 0 Å². The van der Waals surface area contributed by atoms with Crippen molar-refractivity contribution in [2.75, 3.05) is 5.32 Å². The molecule has 6 heteroatoms. The van der Waals surface area contributed by atoms with Crippen molar-refractivity contribution in [2.24, 2.45) is 5.73 Å². The Kier molecular flexibility index (Phi) is 10.0. The van der Waals surface area contributed by atoms with Crippen LogP contribution in [0.3, 0.4) is 0 Å². The van der Waals surface area contributed by atoms with Crippen LogP contribution in [0.5, 0.6) is 0 Å². The van der Waals surface area contributed by atoms with Gasteiger partial charge >= 0.3 is 0 Å². The molecular weight excluding hydrogens is 440 g/mol. The molecular formula is C29H34N2O4. The lowest BCUT2D eigenvalue weighted by molar-refractivity contribution is 0.699. The number of hydrogen-bond acceptors (Lipinski definition) is 6. The maximum atomic E-state index is 11.4. The molecule has 4 aromatic rings. The summed E-state index contributed by atoms with van der Waals surface area (Å²) in [5, 5.41) is 3.16. The van der Waals surface area contributed by atoms with Crippen molar-refractivity contribution >= 4 is 5.69 Å². The van der Waals surface area contributed by atoms with E-state index in [-0.39, 0.29) is 28.4 Å². The van der Waals surface area contributed by atoms with E-state index < -0.39 is 5.43 Å². The molecule has 0 aliphatic heterocycles. The molecule has 0 bridgehead atoms. The predicted octanol–water partition coefficient (Wildman–Crippen LogP) is 4.15. The molecule has 4 rings (SSSR count). The first-order valence-electron chi connectivity index (χ1n) is 11.8. The van der Waals surface area contributed by atoms with Crippen molar-refractivity contribution < 1.29 is 0 Å². The Morgan fingerprint density at radius 1 is 0.629 bits per heavy atom. The quantitative estimate of drug-likeness (QED) is 0.407. The lowest BCUT2D eigenvalue weighted by atomic mass is 10.0. The summed E-state index contributed by atoms with van der Waals surface area (Å²) in [7, 11) is 0. The van der Waals surface area contributed by atoms with Crippen LogP contribution in [0, 0.1) is 20.8 Å². The highest BCUT2D eigenvalue weighted by Gasteiger charge is 2.19. The van der Waals surface area contributed by atoms with Gasteiger partial charge in [0, 0.05) is 22.7 Å². The fourth-order valence-corrected chi connectivity index (χ4v) is 3.51. The van der Waals surface area contributed by atoms with E-state index >= 15 is 0 Å². The van der Waals surface area contributed by atoms with Crippen LogP contribution in [0.2, 0.25) is 0 Å². The molecule has 0 aromatic heterocycles. The standard InChI is InChI=1S/C14H15NO2.C9H13N.C6H6O2/c1-3-11(10-7-5-4-6-8-10)15-12-9(2)13(16)14(12)17;1-2-9(10)8-6-4-3-5-7-8;1-3-4(2)6(8)5(3)7/h4-8,11,15H,3H2,1-2H3;3-7,9H,2,10H2,1H3;1-2H3/t11-;9-;/m11./s1. The molecule has 0 radical (unpaired) electrons. The Bertz CT molecular complexity index is 1330. The summed E-state index contributed by atoms with van der Waals surface area (Å²) in [5.74, 6) is 0. The molecule has 35 heavy (non-hydrogen) atoms. The van der Waals surface area contributed by atoms with Gasteiger partial charge in [-0.25, -0.2) is 0 Å². The lowest BCUT2D eigenvalue weighted by Crippen LogP contribution is -2.37. The summed E-state index contributed by atoms with van der Waals surface area (Å²) in [4.78, 5) is 43.2. The number of nitrogens with one attached hydrogen (secondary N) is 1. The van der Waals surface area contributed by atoms with E-state index in [2.05, 4.69) is 24.4 Å². The Balaban J connectivity index is 0.000000204. The van der Waals surface area contributed by atoms with Gasteiger partial charge in [0.25, 0.3) is 0 Å². The third-order valence-corrected chi connectivity index (χ3v) is 6.20. The zero-order valence-electron chi connectivity index (χ0n) is 21.1. The average Bonchev–Trinajstić information content (AvgIpc) is 2.93. The van der Waals surface area contributed by atoms with Crippen LogP contribution in [-0.4, -0.2) is 0 Å². The van der Waals surface area contributed by atoms with E-state index in [1.54, 1.807) is 20.8 Å². The maximum absolute atomic E-state index is 11.4. The number of hydrogen-bond donors (Lipinski definition) is 2. The van der Waals surface area contributed by atoms with E-state index in [0.717, 1.165) is 18.4 Å². The van der Waals surface area contributed by atoms with Crippen LogP contribution in [0.15, 0.2) is 79.8 Å². The van der Waals surface area contributed by atoms with E-state index in [4.69, 9.17) is 5.73 Å². The summed E-state index contributed by atoms with van der Waals surface area (Å²) in [6.07, 6.45) is 1.87. The number of benzene rings is 2. The minimum atomic E-state index is -0.392. The Morgan fingerprint density at radius 2 is 1.06 bits per heavy atom. The lowest BCUT2D eigenvalue weighted by Gasteiger charge is -2.20. The van der Waals surface area contributed by atoms with Crippen LogP contribution >= 0.6 is 0 Å². The summed E-state index contributed by atoms with van der Waals surface area (Å²) < 4.78 is 0. The van der Waals surface area contributed by atoms with Crippen molar-refractivity contribution in [3.63, 3.8) is 0 Å². The molecule has 0 unspecified atom stereocenters. The molecule has 0 saturated heterocycles. The van der Waals surface area contributed by atoms with Gasteiger partial charge in [0.15, 0.2) is 0 Å². The minimum absolute atomic E-state index is 0.0817. The van der Waals surface area contributed by atoms with Gasteiger partial charge in [-0.05, 0) is 44.7 Å². The molecule has 0 aliphatic rings. The Labute approximate surface area is 205 Å². The van der Waals surface area contributed by atoms with Crippen molar-refractivity contribution in [1.29, 1.82) is 0 Å². The third-order valence-electron chi connectivity index (χ3n) is 6.20. The number of rotatable bonds is 6. The minimum Gasteiger partial charge on any atom is -0.375 e. The molecule has 2 atom stereocenters. The Hall–Kier alpha value is -3.64. The highest BCUT2D eigenvalue weighted by atomic mass is 16.2. The zero-order chi connectivity index (χ0) is 26.1. The van der Waals surface area contributed by atoms with Crippen LogP contribution in [0.4, 0.5) is 5.69 Å². The molecule has 4 aromatic carbocycles. The summed E-state index contributed by atoms with van der Waals surface area (Å²) >= 11 is 0. The van der Waals surface area contributed by atoms with Gasteiger partial charge in [0.1, 0.15) is 0 Å². The van der Waals surface area contributed by atoms with Crippen molar-refractivity contribution in [3.05, 3.63) is 129 Å². The normalized spacial score (nSPS) is 12.2. The van der Waals surface area contributed by atoms with E-state index in [1.165, 1.54) is 5.56 Å². The van der Waals surface area contributed by atoms with Gasteiger partial charge < -0.3 is 11.1 Å². The van der Waals surface area contributed by atoms with Gasteiger partial charge in [-0.15, -0.1) is 0 Å². The van der Waals surface area contributed by atoms with Crippen LogP contribution < -0.4 is 32.8 Å². The average molecular weight is 475 g/mol. The Morgan fingerprint density at radius 3 is 1.43 bits per heavy atom. The largest absolute Gasteiger partial charge is 0.375 e.